The van der Waals surface area contributed by atoms with Crippen LogP contribution in [0.3, 0.4) is 0 Å². The Morgan fingerprint density at radius 3 is 2.70 bits per heavy atom. The molecule has 2 aromatic heterocycles. The van der Waals surface area contributed by atoms with E-state index in [0.717, 1.165) is 31.7 Å². The van der Waals surface area contributed by atoms with Gasteiger partial charge in [0.15, 0.2) is 0 Å². The van der Waals surface area contributed by atoms with E-state index in [0.29, 0.717) is 16.8 Å². The second kappa shape index (κ2) is 6.60. The lowest BCUT2D eigenvalue weighted by Crippen LogP contribution is -2.30. The van der Waals surface area contributed by atoms with Crippen molar-refractivity contribution in [2.75, 3.05) is 23.7 Å². The van der Waals surface area contributed by atoms with Crippen LogP contribution in [-0.2, 0) is 0 Å². The molecule has 23 heavy (non-hydrogen) atoms. The van der Waals surface area contributed by atoms with Crippen molar-refractivity contribution in [3.63, 3.8) is 0 Å². The first-order valence-corrected chi connectivity index (χ1v) is 7.84. The minimum absolute atomic E-state index is 0.218. The van der Waals surface area contributed by atoms with Gasteiger partial charge in [-0.2, -0.15) is 0 Å². The molecule has 2 N–H and O–H groups in total. The van der Waals surface area contributed by atoms with Crippen LogP contribution in [0, 0.1) is 0 Å². The molecule has 0 aromatic carbocycles. The number of ketones is 1. The van der Waals surface area contributed by atoms with E-state index in [-0.39, 0.29) is 11.6 Å². The van der Waals surface area contributed by atoms with E-state index >= 15 is 0 Å². The zero-order valence-corrected chi connectivity index (χ0v) is 13.0. The average Bonchev–Trinajstić information content (AvgIpc) is 2.62. The van der Waals surface area contributed by atoms with E-state index in [1.165, 1.54) is 6.42 Å². The van der Waals surface area contributed by atoms with Gasteiger partial charge < -0.3 is 10.6 Å². The fourth-order valence-corrected chi connectivity index (χ4v) is 2.84. The first kappa shape index (κ1) is 15.2. The Labute approximate surface area is 135 Å². The van der Waals surface area contributed by atoms with Crippen LogP contribution in [0.1, 0.15) is 40.9 Å². The summed E-state index contributed by atoms with van der Waals surface area (Å²) in [5, 5.41) is 0. The number of hydrogen-bond donors (Lipinski definition) is 1. The lowest BCUT2D eigenvalue weighted by atomic mass is 10.0. The predicted octanol–water partition coefficient (Wildman–Crippen LogP) is 2.92. The lowest BCUT2D eigenvalue weighted by molar-refractivity contribution is 0.103. The number of pyridine rings is 2. The van der Waals surface area contributed by atoms with Crippen molar-refractivity contribution < 1.29 is 4.79 Å². The number of nitrogens with two attached hydrogens (primary N) is 1. The molecule has 3 heterocycles. The molecule has 5 heteroatoms. The number of nitrogens with zero attached hydrogens (tertiary/aromatic N) is 3. The Hall–Kier alpha value is -2.69. The van der Waals surface area contributed by atoms with Gasteiger partial charge in [0.25, 0.3) is 0 Å². The van der Waals surface area contributed by atoms with Crippen molar-refractivity contribution >= 4 is 23.5 Å². The van der Waals surface area contributed by atoms with E-state index in [9.17, 15) is 4.79 Å². The topological polar surface area (TPSA) is 72.1 Å². The van der Waals surface area contributed by atoms with Crippen molar-refractivity contribution in [1.82, 2.24) is 9.97 Å². The molecule has 118 valence electrons. The minimum Gasteiger partial charge on any atom is -0.383 e. The number of nitrogen functional groups attached to an aromatic ring is 1. The van der Waals surface area contributed by atoms with Crippen LogP contribution in [-0.4, -0.2) is 28.8 Å². The van der Waals surface area contributed by atoms with E-state index in [2.05, 4.69) is 21.4 Å². The number of anilines is 2. The Balaban J connectivity index is 2.01. The smallest absolute Gasteiger partial charge is 0.215 e. The third-order valence-corrected chi connectivity index (χ3v) is 4.11. The molecule has 1 fully saturated rings. The van der Waals surface area contributed by atoms with Crippen molar-refractivity contribution in [2.24, 2.45) is 0 Å². The number of carbonyl (C=O) groups excluding carboxylic acids is 1. The summed E-state index contributed by atoms with van der Waals surface area (Å²) in [6.45, 7) is 5.73. The van der Waals surface area contributed by atoms with Gasteiger partial charge in [0, 0.05) is 24.8 Å². The molecule has 0 bridgehead atoms. The summed E-state index contributed by atoms with van der Waals surface area (Å²) < 4.78 is 0. The summed E-state index contributed by atoms with van der Waals surface area (Å²) >= 11 is 0. The molecule has 0 spiro atoms. The fourth-order valence-electron chi connectivity index (χ4n) is 2.84. The molecule has 5 nitrogen and oxygen atoms in total. The van der Waals surface area contributed by atoms with Crippen LogP contribution in [0.5, 0.6) is 0 Å². The predicted molar refractivity (Wildman–Crippen MR) is 92.5 cm³/mol. The number of hydrogen-bond acceptors (Lipinski definition) is 5. The summed E-state index contributed by atoms with van der Waals surface area (Å²) in [4.78, 5) is 23.6. The molecule has 1 saturated heterocycles. The number of carbonyl (C=O) groups is 1. The summed E-state index contributed by atoms with van der Waals surface area (Å²) in [7, 11) is 0. The van der Waals surface area contributed by atoms with Gasteiger partial charge in [-0.25, -0.2) is 9.97 Å². The zero-order valence-electron chi connectivity index (χ0n) is 13.0. The van der Waals surface area contributed by atoms with Gasteiger partial charge in [-0.3, -0.25) is 4.79 Å². The minimum atomic E-state index is -0.218. The van der Waals surface area contributed by atoms with E-state index in [1.807, 2.05) is 12.1 Å². The maximum Gasteiger partial charge on any atom is 0.215 e. The quantitative estimate of drug-likeness (QED) is 0.879. The van der Waals surface area contributed by atoms with Crippen LogP contribution < -0.4 is 10.6 Å². The van der Waals surface area contributed by atoms with Gasteiger partial charge in [0.2, 0.25) is 5.78 Å². The highest BCUT2D eigenvalue weighted by Gasteiger charge is 2.20. The molecular weight excluding hydrogens is 288 g/mol. The third kappa shape index (κ3) is 3.08. The van der Waals surface area contributed by atoms with Gasteiger partial charge in [0.1, 0.15) is 17.3 Å². The average molecular weight is 308 g/mol. The van der Waals surface area contributed by atoms with Gasteiger partial charge >= 0.3 is 0 Å². The summed E-state index contributed by atoms with van der Waals surface area (Å²) in [5.41, 5.74) is 7.29. The van der Waals surface area contributed by atoms with Crippen LogP contribution >= 0.6 is 0 Å². The fraction of sp³-hybridized carbons (Fsp3) is 0.278. The second-order valence-corrected chi connectivity index (χ2v) is 5.62. The molecule has 0 radical (unpaired) electrons. The first-order chi connectivity index (χ1) is 11.2. The maximum absolute atomic E-state index is 12.8. The lowest BCUT2D eigenvalue weighted by Gasteiger charge is -2.28. The highest BCUT2D eigenvalue weighted by molar-refractivity contribution is 6.12. The number of piperidine rings is 1. The molecule has 1 aliphatic heterocycles. The van der Waals surface area contributed by atoms with E-state index < -0.39 is 0 Å². The molecule has 0 amide bonds. The molecule has 0 unspecified atom stereocenters. The van der Waals surface area contributed by atoms with Gasteiger partial charge in [-0.15, -0.1) is 0 Å². The zero-order chi connectivity index (χ0) is 16.2. The molecular formula is C18H20N4O. The molecule has 0 saturated carbocycles. The maximum atomic E-state index is 12.8. The highest BCUT2D eigenvalue weighted by atomic mass is 16.1. The Bertz CT molecular complexity index is 736. The van der Waals surface area contributed by atoms with Gasteiger partial charge in [-0.05, 0) is 43.5 Å². The van der Waals surface area contributed by atoms with Gasteiger partial charge in [0.05, 0.1) is 5.56 Å². The monoisotopic (exact) mass is 308 g/mol. The van der Waals surface area contributed by atoms with E-state index in [4.69, 9.17) is 5.73 Å². The molecule has 3 rings (SSSR count). The standard InChI is InChI=1S/C18H20N4O/c1-2-13-8-9-15(22-11-4-3-5-12-22)21-16(13)17(23)14-7-6-10-20-18(14)19/h2,6-10H,1,3-5,11-12H2,(H2,19,20). The van der Waals surface area contributed by atoms with Crippen LogP contribution in [0.15, 0.2) is 37.0 Å². The number of aromatic nitrogens is 2. The molecule has 2 aromatic rings. The highest BCUT2D eigenvalue weighted by Crippen LogP contribution is 2.23. The second-order valence-electron chi connectivity index (χ2n) is 5.62. The van der Waals surface area contributed by atoms with Crippen LogP contribution in [0.25, 0.3) is 6.08 Å². The van der Waals surface area contributed by atoms with Crippen molar-refractivity contribution in [1.29, 1.82) is 0 Å². The summed E-state index contributed by atoms with van der Waals surface area (Å²) in [6, 6.07) is 7.22. The molecule has 1 aliphatic rings. The van der Waals surface area contributed by atoms with Crippen molar-refractivity contribution in [3.05, 3.63) is 53.9 Å². The Kier molecular flexibility index (Phi) is 4.37. The van der Waals surface area contributed by atoms with E-state index in [1.54, 1.807) is 24.4 Å². The Morgan fingerprint density at radius 2 is 2.00 bits per heavy atom. The largest absolute Gasteiger partial charge is 0.383 e. The normalized spacial score (nSPS) is 14.5. The summed E-state index contributed by atoms with van der Waals surface area (Å²) in [6.07, 6.45) is 6.78. The number of rotatable bonds is 4. The molecule has 0 aliphatic carbocycles. The van der Waals surface area contributed by atoms with Crippen molar-refractivity contribution in [2.45, 2.75) is 19.3 Å². The van der Waals surface area contributed by atoms with Gasteiger partial charge in [-0.1, -0.05) is 12.7 Å². The molecule has 0 atom stereocenters. The first-order valence-electron chi connectivity index (χ1n) is 7.84. The van der Waals surface area contributed by atoms with Crippen LogP contribution in [0.4, 0.5) is 11.6 Å². The SMILES string of the molecule is C=Cc1ccc(N2CCCCC2)nc1C(=O)c1cccnc1N. The summed E-state index contributed by atoms with van der Waals surface area (Å²) in [5.74, 6) is 0.836. The van der Waals surface area contributed by atoms with Crippen molar-refractivity contribution in [3.8, 4) is 0 Å². The van der Waals surface area contributed by atoms with Crippen LogP contribution in [0.2, 0.25) is 0 Å². The Morgan fingerprint density at radius 1 is 1.22 bits per heavy atom. The third-order valence-electron chi connectivity index (χ3n) is 4.11.